The van der Waals surface area contributed by atoms with Gasteiger partial charge in [0.1, 0.15) is 28.7 Å². The van der Waals surface area contributed by atoms with Gasteiger partial charge in [-0.3, -0.25) is 14.4 Å². The Bertz CT molecular complexity index is 1080. The Morgan fingerprint density at radius 1 is 1.13 bits per heavy atom. The van der Waals surface area contributed by atoms with Gasteiger partial charge in [-0.1, -0.05) is 0 Å². The summed E-state index contributed by atoms with van der Waals surface area (Å²) in [4.78, 5) is 39.6. The maximum absolute atomic E-state index is 13.8. The number of hydrogen-bond acceptors (Lipinski definition) is 3. The summed E-state index contributed by atoms with van der Waals surface area (Å²) in [7, 11) is 0. The molecule has 0 aliphatic carbocycles. The Morgan fingerprint density at radius 2 is 1.83 bits per heavy atom. The summed E-state index contributed by atoms with van der Waals surface area (Å²) in [6.45, 7) is 1.93. The summed E-state index contributed by atoms with van der Waals surface area (Å²) in [5.41, 5.74) is -1.15. The number of fused-ring (bicyclic) bond motifs is 4. The molecule has 6 nitrogen and oxygen atoms in total. The average Bonchev–Trinajstić information content (AvgIpc) is 2.85. The minimum Gasteiger partial charge on any atom is -0.348 e. The van der Waals surface area contributed by atoms with Crippen molar-refractivity contribution in [2.45, 2.75) is 44.8 Å². The van der Waals surface area contributed by atoms with Crippen LogP contribution in [0.4, 0.5) is 13.2 Å². The van der Waals surface area contributed by atoms with Crippen molar-refractivity contribution in [1.29, 1.82) is 0 Å². The van der Waals surface area contributed by atoms with Crippen molar-refractivity contribution in [3.8, 4) is 0 Å². The zero-order valence-electron chi connectivity index (χ0n) is 16.3. The molecule has 4 rings (SSSR count). The van der Waals surface area contributed by atoms with E-state index in [1.807, 2.05) is 6.92 Å². The Balaban J connectivity index is 1.62. The number of nitrogens with zero attached hydrogens (tertiary/aromatic N) is 2. The molecule has 2 unspecified atom stereocenters. The molecule has 9 heteroatoms. The summed E-state index contributed by atoms with van der Waals surface area (Å²) in [5, 5.41) is 2.30. The van der Waals surface area contributed by atoms with Crippen LogP contribution < -0.4 is 10.7 Å². The molecule has 0 saturated carbocycles. The second-order valence-electron chi connectivity index (χ2n) is 7.77. The fraction of sp³-hybridized carbons (Fsp3) is 0.381. The van der Waals surface area contributed by atoms with Crippen LogP contribution in [0.3, 0.4) is 0 Å². The van der Waals surface area contributed by atoms with Crippen LogP contribution in [0.1, 0.15) is 58.6 Å². The van der Waals surface area contributed by atoms with E-state index in [1.165, 1.54) is 6.20 Å². The standard InChI is InChI=1S/C21H20F3N3O3/c1-11-3-2-4-13-9-26(11)21(30)18-7-19(28)15(10-27(13)18)20(29)25-8-14-16(23)5-12(22)6-17(14)24/h5-7,10-11,13H,2-4,8-9H2,1H3,(H,25,29). The van der Waals surface area contributed by atoms with E-state index in [-0.39, 0.29) is 29.2 Å². The summed E-state index contributed by atoms with van der Waals surface area (Å²) in [6.07, 6.45) is 3.92. The van der Waals surface area contributed by atoms with Crippen molar-refractivity contribution >= 4 is 11.8 Å². The third-order valence-corrected chi connectivity index (χ3v) is 5.83. The maximum atomic E-state index is 13.8. The summed E-state index contributed by atoms with van der Waals surface area (Å²) in [6, 6.07) is 2.20. The first-order valence-corrected chi connectivity index (χ1v) is 9.75. The first-order valence-electron chi connectivity index (χ1n) is 9.75. The third-order valence-electron chi connectivity index (χ3n) is 5.83. The predicted molar refractivity (Wildman–Crippen MR) is 102 cm³/mol. The molecular formula is C21H20F3N3O3. The van der Waals surface area contributed by atoms with Crippen LogP contribution in [-0.4, -0.2) is 33.9 Å². The summed E-state index contributed by atoms with van der Waals surface area (Å²) in [5.74, 6) is -4.40. The highest BCUT2D eigenvalue weighted by atomic mass is 19.1. The molecule has 3 heterocycles. The lowest BCUT2D eigenvalue weighted by atomic mass is 10.1. The molecule has 1 aromatic heterocycles. The van der Waals surface area contributed by atoms with Crippen LogP contribution in [0.5, 0.6) is 0 Å². The zero-order valence-corrected chi connectivity index (χ0v) is 16.3. The molecule has 2 aromatic rings. The molecule has 0 radical (unpaired) electrons. The molecule has 30 heavy (non-hydrogen) atoms. The maximum Gasteiger partial charge on any atom is 0.270 e. The normalized spacial score (nSPS) is 20.5. The highest BCUT2D eigenvalue weighted by Gasteiger charge is 2.36. The number of benzene rings is 1. The van der Waals surface area contributed by atoms with Gasteiger partial charge in [-0.15, -0.1) is 0 Å². The van der Waals surface area contributed by atoms with Crippen molar-refractivity contribution in [1.82, 2.24) is 14.8 Å². The molecule has 2 amide bonds. The molecular weight excluding hydrogens is 399 g/mol. The van der Waals surface area contributed by atoms with E-state index in [1.54, 1.807) is 9.47 Å². The lowest BCUT2D eigenvalue weighted by molar-refractivity contribution is 0.0610. The number of pyridine rings is 1. The van der Waals surface area contributed by atoms with Crippen molar-refractivity contribution in [3.63, 3.8) is 0 Å². The minimum absolute atomic E-state index is 0.0539. The Hall–Kier alpha value is -3.10. The molecule has 158 valence electrons. The van der Waals surface area contributed by atoms with Gasteiger partial charge in [-0.2, -0.15) is 0 Å². The molecule has 1 N–H and O–H groups in total. The van der Waals surface area contributed by atoms with E-state index >= 15 is 0 Å². The van der Waals surface area contributed by atoms with Crippen molar-refractivity contribution in [2.24, 2.45) is 0 Å². The number of rotatable bonds is 3. The van der Waals surface area contributed by atoms with Crippen LogP contribution >= 0.6 is 0 Å². The predicted octanol–water partition coefficient (Wildman–Crippen LogP) is 2.76. The zero-order chi connectivity index (χ0) is 21.6. The topological polar surface area (TPSA) is 71.4 Å². The second-order valence-corrected chi connectivity index (χ2v) is 7.77. The quantitative estimate of drug-likeness (QED) is 0.832. The molecule has 2 aliphatic heterocycles. The number of hydrogen-bond donors (Lipinski definition) is 1. The first kappa shape index (κ1) is 20.2. The average molecular weight is 419 g/mol. The van der Waals surface area contributed by atoms with Crippen LogP contribution in [0.15, 0.2) is 29.2 Å². The Kier molecular flexibility index (Phi) is 5.13. The van der Waals surface area contributed by atoms with Crippen molar-refractivity contribution in [3.05, 3.63) is 68.9 Å². The number of carbonyl (C=O) groups is 2. The largest absolute Gasteiger partial charge is 0.348 e. The van der Waals surface area contributed by atoms with Gasteiger partial charge in [0.25, 0.3) is 11.8 Å². The van der Waals surface area contributed by atoms with Crippen molar-refractivity contribution < 1.29 is 22.8 Å². The molecule has 0 spiro atoms. The molecule has 1 saturated heterocycles. The lowest BCUT2D eigenvalue weighted by Crippen LogP contribution is -2.47. The van der Waals surface area contributed by atoms with Gasteiger partial charge in [0.2, 0.25) is 0 Å². The van der Waals surface area contributed by atoms with Gasteiger partial charge in [0.15, 0.2) is 5.43 Å². The van der Waals surface area contributed by atoms with Crippen molar-refractivity contribution in [2.75, 3.05) is 6.54 Å². The van der Waals surface area contributed by atoms with E-state index < -0.39 is 40.9 Å². The van der Waals surface area contributed by atoms with E-state index in [0.717, 1.165) is 25.3 Å². The number of carbonyl (C=O) groups excluding carboxylic acids is 2. The van der Waals surface area contributed by atoms with E-state index in [0.29, 0.717) is 18.7 Å². The monoisotopic (exact) mass is 419 g/mol. The summed E-state index contributed by atoms with van der Waals surface area (Å²) >= 11 is 0. The van der Waals surface area contributed by atoms with Crippen LogP contribution in [0.25, 0.3) is 0 Å². The van der Waals surface area contributed by atoms with Gasteiger partial charge >= 0.3 is 0 Å². The molecule has 2 atom stereocenters. The number of nitrogens with one attached hydrogen (secondary N) is 1. The lowest BCUT2D eigenvalue weighted by Gasteiger charge is -2.36. The molecule has 2 bridgehead atoms. The highest BCUT2D eigenvalue weighted by molar-refractivity contribution is 5.97. The van der Waals surface area contributed by atoms with Crippen LogP contribution in [0.2, 0.25) is 0 Å². The van der Waals surface area contributed by atoms with Gasteiger partial charge in [0.05, 0.1) is 6.04 Å². The van der Waals surface area contributed by atoms with Gasteiger partial charge in [-0.25, -0.2) is 13.2 Å². The van der Waals surface area contributed by atoms with E-state index in [4.69, 9.17) is 0 Å². The smallest absolute Gasteiger partial charge is 0.270 e. The second kappa shape index (κ2) is 7.62. The van der Waals surface area contributed by atoms with E-state index in [2.05, 4.69) is 5.32 Å². The third kappa shape index (κ3) is 3.48. The minimum atomic E-state index is -1.13. The molecule has 1 aromatic carbocycles. The van der Waals surface area contributed by atoms with Crippen LogP contribution in [0, 0.1) is 17.5 Å². The highest BCUT2D eigenvalue weighted by Crippen LogP contribution is 2.31. The van der Waals surface area contributed by atoms with Gasteiger partial charge < -0.3 is 14.8 Å². The fourth-order valence-corrected chi connectivity index (χ4v) is 4.16. The first-order chi connectivity index (χ1) is 14.3. The van der Waals surface area contributed by atoms with Gasteiger partial charge in [-0.05, 0) is 26.2 Å². The van der Waals surface area contributed by atoms with E-state index in [9.17, 15) is 27.6 Å². The SMILES string of the molecule is CC1CCCC2CN1C(=O)c1cc(=O)c(C(=O)NCc3c(F)cc(F)cc3F)cn12. The number of halogens is 3. The van der Waals surface area contributed by atoms with Crippen LogP contribution in [-0.2, 0) is 6.54 Å². The molecule has 2 aliphatic rings. The Morgan fingerprint density at radius 3 is 2.53 bits per heavy atom. The Labute approximate surface area is 170 Å². The molecule has 1 fully saturated rings. The van der Waals surface area contributed by atoms with Gasteiger partial charge in [0, 0.05) is 49.1 Å². The fourth-order valence-electron chi connectivity index (χ4n) is 4.16. The summed E-state index contributed by atoms with van der Waals surface area (Å²) < 4.78 is 42.3. The number of amides is 2. The number of aromatic nitrogens is 1.